The Hall–Kier alpha value is -3.07. The molecule has 7 nitrogen and oxygen atoms in total. The zero-order valence-corrected chi connectivity index (χ0v) is 19.9. The van der Waals surface area contributed by atoms with E-state index in [4.69, 9.17) is 22.6 Å². The molecule has 1 aliphatic rings. The highest BCUT2D eigenvalue weighted by molar-refractivity contribution is 7.51. The standard InChI is InChI=1S/C24H27FN2O3.O2S/c1-15-5-6-17(13-19(15)25)18-7-8-21-20(14-18)26-22(29-21)16-9-11-27(12-10-16)23(28)30-24(2,3)4;1-3-2/h5-8,13-14,16H,9-12H2,1-4H3;. The molecule has 3 aromatic rings. The third-order valence-electron chi connectivity index (χ3n) is 5.41. The Morgan fingerprint density at radius 1 is 1.12 bits per heavy atom. The molecule has 4 rings (SSSR count). The number of fused-ring (bicyclic) bond motifs is 1. The van der Waals surface area contributed by atoms with Gasteiger partial charge in [-0.3, -0.25) is 0 Å². The molecule has 1 aromatic heterocycles. The largest absolute Gasteiger partial charge is 0.444 e. The lowest BCUT2D eigenvalue weighted by atomic mass is 9.97. The van der Waals surface area contributed by atoms with Crippen LogP contribution in [0, 0.1) is 12.7 Å². The summed E-state index contributed by atoms with van der Waals surface area (Å²) < 4.78 is 42.0. The van der Waals surface area contributed by atoms with E-state index in [-0.39, 0.29) is 17.8 Å². The third-order valence-corrected chi connectivity index (χ3v) is 5.41. The molecule has 1 fully saturated rings. The van der Waals surface area contributed by atoms with E-state index >= 15 is 0 Å². The van der Waals surface area contributed by atoms with Gasteiger partial charge in [-0.25, -0.2) is 14.2 Å². The van der Waals surface area contributed by atoms with Crippen molar-refractivity contribution in [1.29, 1.82) is 0 Å². The fourth-order valence-corrected chi connectivity index (χ4v) is 3.71. The Bertz CT molecular complexity index is 1170. The molecule has 0 unspecified atom stereocenters. The van der Waals surface area contributed by atoms with Crippen molar-refractivity contribution in [2.75, 3.05) is 13.1 Å². The fraction of sp³-hybridized carbons (Fsp3) is 0.417. The zero-order valence-electron chi connectivity index (χ0n) is 19.1. The van der Waals surface area contributed by atoms with E-state index in [2.05, 4.69) is 0 Å². The van der Waals surface area contributed by atoms with Crippen LogP contribution in [0.1, 0.15) is 51.0 Å². The van der Waals surface area contributed by atoms with Gasteiger partial charge in [0.15, 0.2) is 11.5 Å². The maximum absolute atomic E-state index is 13.9. The summed E-state index contributed by atoms with van der Waals surface area (Å²) in [5.41, 5.74) is 3.33. The normalized spacial score (nSPS) is 14.5. The Kier molecular flexibility index (Phi) is 7.63. The second kappa shape index (κ2) is 10.2. The highest BCUT2D eigenvalue weighted by Gasteiger charge is 2.29. The zero-order chi connectivity index (χ0) is 24.2. The minimum atomic E-state index is -0.750. The van der Waals surface area contributed by atoms with E-state index in [0.717, 1.165) is 35.1 Å². The molecule has 0 spiro atoms. The van der Waals surface area contributed by atoms with Crippen molar-refractivity contribution in [2.45, 2.75) is 52.1 Å². The number of amides is 1. The van der Waals surface area contributed by atoms with Gasteiger partial charge >= 0.3 is 17.7 Å². The Labute approximate surface area is 195 Å². The molecule has 33 heavy (non-hydrogen) atoms. The average Bonchev–Trinajstić information content (AvgIpc) is 3.18. The second-order valence-corrected chi connectivity index (χ2v) is 9.14. The number of aryl methyl sites for hydroxylation is 1. The average molecular weight is 475 g/mol. The summed E-state index contributed by atoms with van der Waals surface area (Å²) in [4.78, 5) is 18.7. The van der Waals surface area contributed by atoms with Crippen LogP contribution in [-0.2, 0) is 16.3 Å². The maximum Gasteiger partial charge on any atom is 0.410 e. The third kappa shape index (κ3) is 6.25. The summed E-state index contributed by atoms with van der Waals surface area (Å²) in [5, 5.41) is 0. The van der Waals surface area contributed by atoms with E-state index in [1.54, 1.807) is 24.0 Å². The van der Waals surface area contributed by atoms with Crippen LogP contribution in [-0.4, -0.2) is 43.1 Å². The molecule has 0 atom stereocenters. The van der Waals surface area contributed by atoms with Crippen molar-refractivity contribution in [3.05, 3.63) is 53.7 Å². The van der Waals surface area contributed by atoms with Gasteiger partial charge in [-0.15, -0.1) is 0 Å². The number of carbonyl (C=O) groups is 1. The minimum Gasteiger partial charge on any atom is -0.444 e. The van der Waals surface area contributed by atoms with Crippen LogP contribution in [0.2, 0.25) is 0 Å². The first-order valence-electron chi connectivity index (χ1n) is 10.7. The van der Waals surface area contributed by atoms with Crippen molar-refractivity contribution in [3.8, 4) is 11.1 Å². The van der Waals surface area contributed by atoms with Crippen LogP contribution in [0.3, 0.4) is 0 Å². The number of ether oxygens (including phenoxy) is 1. The van der Waals surface area contributed by atoms with Gasteiger partial charge in [0, 0.05) is 19.0 Å². The molecule has 0 bridgehead atoms. The Balaban J connectivity index is 0.000000968. The van der Waals surface area contributed by atoms with Crippen molar-refractivity contribution < 1.29 is 26.8 Å². The number of carbonyl (C=O) groups excluding carboxylic acids is 1. The molecule has 0 N–H and O–H groups in total. The van der Waals surface area contributed by atoms with E-state index in [1.165, 1.54) is 0 Å². The summed E-state index contributed by atoms with van der Waals surface area (Å²) in [5.74, 6) is 0.641. The second-order valence-electron chi connectivity index (χ2n) is 9.01. The molecular weight excluding hydrogens is 447 g/mol. The maximum atomic E-state index is 13.9. The fourth-order valence-electron chi connectivity index (χ4n) is 3.71. The molecule has 176 valence electrons. The van der Waals surface area contributed by atoms with Crippen molar-refractivity contribution in [1.82, 2.24) is 9.88 Å². The van der Waals surface area contributed by atoms with Crippen LogP contribution >= 0.6 is 0 Å². The highest BCUT2D eigenvalue weighted by atomic mass is 32.1. The van der Waals surface area contributed by atoms with Crippen molar-refractivity contribution in [2.24, 2.45) is 0 Å². The highest BCUT2D eigenvalue weighted by Crippen LogP contribution is 2.32. The van der Waals surface area contributed by atoms with Crippen LogP contribution in [0.25, 0.3) is 22.2 Å². The molecule has 0 radical (unpaired) electrons. The van der Waals surface area contributed by atoms with Gasteiger partial charge in [-0.05, 0) is 75.4 Å². The van der Waals surface area contributed by atoms with Gasteiger partial charge in [0.2, 0.25) is 0 Å². The van der Waals surface area contributed by atoms with Gasteiger partial charge in [0.25, 0.3) is 0 Å². The molecule has 1 saturated heterocycles. The van der Waals surface area contributed by atoms with Crippen molar-refractivity contribution in [3.63, 3.8) is 0 Å². The quantitative estimate of drug-likeness (QED) is 0.495. The van der Waals surface area contributed by atoms with E-state index in [1.807, 2.05) is 45.0 Å². The van der Waals surface area contributed by atoms with Gasteiger partial charge in [0.1, 0.15) is 16.9 Å². The summed E-state index contributed by atoms with van der Waals surface area (Å²) >= 11 is -0.750. The first-order valence-corrected chi connectivity index (χ1v) is 11.3. The summed E-state index contributed by atoms with van der Waals surface area (Å²) in [6, 6.07) is 11.0. The van der Waals surface area contributed by atoms with E-state index in [0.29, 0.717) is 24.5 Å². The number of piperidine rings is 1. The lowest BCUT2D eigenvalue weighted by Gasteiger charge is -2.32. The number of halogens is 1. The monoisotopic (exact) mass is 474 g/mol. The SMILES string of the molecule is Cc1ccc(-c2ccc3oc(C4CCN(C(=O)OC(C)(C)C)CC4)nc3c2)cc1F.O=S=O. The molecule has 1 aliphatic heterocycles. The number of likely N-dealkylation sites (tertiary alicyclic amines) is 1. The summed E-state index contributed by atoms with van der Waals surface area (Å²) in [6.07, 6.45) is 1.29. The molecule has 0 saturated carbocycles. The Morgan fingerprint density at radius 2 is 1.73 bits per heavy atom. The molecule has 2 aromatic carbocycles. The molecule has 2 heterocycles. The lowest BCUT2D eigenvalue weighted by Crippen LogP contribution is -2.41. The van der Waals surface area contributed by atoms with Gasteiger partial charge < -0.3 is 14.1 Å². The first kappa shape index (κ1) is 24.6. The van der Waals surface area contributed by atoms with E-state index < -0.39 is 17.2 Å². The predicted octanol–water partition coefficient (Wildman–Crippen LogP) is 5.39. The van der Waals surface area contributed by atoms with Gasteiger partial charge in [0.05, 0.1) is 0 Å². The summed E-state index contributed by atoms with van der Waals surface area (Å²) in [7, 11) is 0. The molecule has 1 amide bonds. The number of aromatic nitrogens is 1. The first-order chi connectivity index (χ1) is 15.6. The number of rotatable bonds is 2. The predicted molar refractivity (Wildman–Crippen MR) is 123 cm³/mol. The number of benzene rings is 2. The van der Waals surface area contributed by atoms with Crippen LogP contribution < -0.4 is 0 Å². The minimum absolute atomic E-state index is 0.163. The number of oxazole rings is 1. The molecule has 0 aliphatic carbocycles. The smallest absolute Gasteiger partial charge is 0.410 e. The number of hydrogen-bond acceptors (Lipinski definition) is 6. The van der Waals surface area contributed by atoms with Crippen molar-refractivity contribution >= 4 is 28.8 Å². The van der Waals surface area contributed by atoms with Gasteiger partial charge in [-0.1, -0.05) is 18.2 Å². The Morgan fingerprint density at radius 3 is 2.33 bits per heavy atom. The summed E-state index contributed by atoms with van der Waals surface area (Å²) in [6.45, 7) is 8.60. The van der Waals surface area contributed by atoms with Crippen LogP contribution in [0.5, 0.6) is 0 Å². The molecular formula is C24H27FN2O5S. The lowest BCUT2D eigenvalue weighted by molar-refractivity contribution is 0.0199. The number of hydrogen-bond donors (Lipinski definition) is 0. The number of nitrogens with zero attached hydrogens (tertiary/aromatic N) is 2. The van der Waals surface area contributed by atoms with Crippen LogP contribution in [0.4, 0.5) is 9.18 Å². The topological polar surface area (TPSA) is 89.7 Å². The van der Waals surface area contributed by atoms with E-state index in [9.17, 15) is 9.18 Å². The van der Waals surface area contributed by atoms with Crippen LogP contribution in [0.15, 0.2) is 40.8 Å². The molecule has 9 heteroatoms. The van der Waals surface area contributed by atoms with Gasteiger partial charge in [-0.2, -0.15) is 8.42 Å².